The van der Waals surface area contributed by atoms with Crippen molar-refractivity contribution in [2.45, 2.75) is 20.0 Å². The summed E-state index contributed by atoms with van der Waals surface area (Å²) in [5.74, 6) is 1.31. The summed E-state index contributed by atoms with van der Waals surface area (Å²) in [5, 5.41) is 0.686. The third-order valence-electron chi connectivity index (χ3n) is 4.54. The van der Waals surface area contributed by atoms with Gasteiger partial charge in [0.1, 0.15) is 6.61 Å². The lowest BCUT2D eigenvalue weighted by Gasteiger charge is -2.17. The van der Waals surface area contributed by atoms with Gasteiger partial charge >= 0.3 is 0 Å². The number of aliphatic imine (C=N–C) groups is 1. The number of ether oxygens (including phenoxy) is 2. The number of nitrogens with zero attached hydrogens (tertiary/aromatic N) is 2. The molecule has 5 nitrogen and oxygen atoms in total. The molecule has 1 heterocycles. The monoisotopic (exact) mass is 422 g/mol. The van der Waals surface area contributed by atoms with E-state index in [0.717, 1.165) is 16.7 Å². The Labute approximate surface area is 182 Å². The van der Waals surface area contributed by atoms with Crippen LogP contribution in [0.3, 0.4) is 0 Å². The summed E-state index contributed by atoms with van der Waals surface area (Å²) in [7, 11) is 3.41. The maximum Gasteiger partial charge on any atom is 0.266 e. The number of likely N-dealkylation sites (N-methyl/N-ethyl adjacent to an activating group) is 1. The molecule has 1 aliphatic rings. The zero-order valence-electron chi connectivity index (χ0n) is 17.6. The summed E-state index contributed by atoms with van der Waals surface area (Å²) in [5.41, 5.74) is 2.92. The number of amides is 1. The first kappa shape index (κ1) is 21.7. The van der Waals surface area contributed by atoms with Gasteiger partial charge in [-0.25, -0.2) is 0 Å². The van der Waals surface area contributed by atoms with E-state index in [2.05, 4.69) is 11.6 Å². The molecule has 0 bridgehead atoms. The van der Waals surface area contributed by atoms with Gasteiger partial charge in [-0.2, -0.15) is 0 Å². The van der Waals surface area contributed by atoms with Crippen molar-refractivity contribution in [2.75, 3.05) is 20.7 Å². The maximum absolute atomic E-state index is 12.5. The largest absolute Gasteiger partial charge is 0.490 e. The van der Waals surface area contributed by atoms with Crippen molar-refractivity contribution < 1.29 is 14.3 Å². The number of amidine groups is 1. The molecule has 0 atom stereocenters. The van der Waals surface area contributed by atoms with Crippen molar-refractivity contribution >= 4 is 28.9 Å². The van der Waals surface area contributed by atoms with Crippen LogP contribution in [-0.2, 0) is 17.8 Å². The van der Waals surface area contributed by atoms with Gasteiger partial charge < -0.3 is 9.47 Å². The molecule has 156 valence electrons. The highest BCUT2D eigenvalue weighted by Crippen LogP contribution is 2.37. The van der Waals surface area contributed by atoms with Gasteiger partial charge in [0.05, 0.1) is 11.5 Å². The van der Waals surface area contributed by atoms with E-state index >= 15 is 0 Å². The Balaban J connectivity index is 1.97. The molecule has 1 amide bonds. The molecule has 0 spiro atoms. The molecule has 30 heavy (non-hydrogen) atoms. The zero-order chi connectivity index (χ0) is 21.5. The van der Waals surface area contributed by atoms with Crippen LogP contribution in [0.25, 0.3) is 6.08 Å². The Hall–Kier alpha value is -2.99. The molecule has 0 saturated carbocycles. The second-order valence-corrected chi connectivity index (χ2v) is 7.70. The fourth-order valence-corrected chi connectivity index (χ4v) is 4.06. The quantitative estimate of drug-likeness (QED) is 0.447. The highest BCUT2D eigenvalue weighted by Gasteiger charge is 2.29. The fraction of sp³-hybridized carbons (Fsp3) is 0.250. The van der Waals surface area contributed by atoms with Crippen molar-refractivity contribution in [3.05, 3.63) is 76.7 Å². The Morgan fingerprint density at radius 2 is 1.97 bits per heavy atom. The number of carbonyl (C=O) groups is 1. The molecule has 1 saturated heterocycles. The number of hydrogen-bond donors (Lipinski definition) is 0. The minimum absolute atomic E-state index is 0.0618. The SMILES string of the molecule is C=CCc1cc(/C=C2/SC(=NC)N(C)C2=O)cc(OCC)c1OCc1ccccc1. The van der Waals surface area contributed by atoms with E-state index in [4.69, 9.17) is 9.47 Å². The second kappa shape index (κ2) is 10.2. The van der Waals surface area contributed by atoms with Crippen molar-refractivity contribution in [3.8, 4) is 11.5 Å². The molecule has 0 N–H and O–H groups in total. The first-order valence-electron chi connectivity index (χ1n) is 9.79. The topological polar surface area (TPSA) is 51.1 Å². The van der Waals surface area contributed by atoms with Crippen LogP contribution in [0, 0.1) is 0 Å². The van der Waals surface area contributed by atoms with E-state index in [0.29, 0.717) is 41.2 Å². The number of hydrogen-bond acceptors (Lipinski definition) is 5. The van der Waals surface area contributed by atoms with Gasteiger partial charge in [-0.05, 0) is 54.4 Å². The molecule has 3 rings (SSSR count). The average molecular weight is 423 g/mol. The molecule has 1 aliphatic heterocycles. The third-order valence-corrected chi connectivity index (χ3v) is 5.69. The molecular formula is C24H26N2O3S. The molecule has 6 heteroatoms. The number of benzene rings is 2. The molecule has 1 fully saturated rings. The molecule has 0 aromatic heterocycles. The van der Waals surface area contributed by atoms with Crippen molar-refractivity contribution in [3.63, 3.8) is 0 Å². The maximum atomic E-state index is 12.5. The number of rotatable bonds is 8. The summed E-state index contributed by atoms with van der Waals surface area (Å²) in [6.07, 6.45) is 4.34. The van der Waals surface area contributed by atoms with Gasteiger partial charge in [0, 0.05) is 19.7 Å². The molecular weight excluding hydrogens is 396 g/mol. The predicted octanol–water partition coefficient (Wildman–Crippen LogP) is 4.92. The van der Waals surface area contributed by atoms with E-state index in [-0.39, 0.29) is 5.91 Å². The van der Waals surface area contributed by atoms with Crippen molar-refractivity contribution in [2.24, 2.45) is 4.99 Å². The molecule has 0 radical (unpaired) electrons. The van der Waals surface area contributed by atoms with E-state index in [1.807, 2.05) is 61.5 Å². The van der Waals surface area contributed by atoms with Gasteiger partial charge in [-0.15, -0.1) is 6.58 Å². The summed E-state index contributed by atoms with van der Waals surface area (Å²) in [6, 6.07) is 13.9. The smallest absolute Gasteiger partial charge is 0.266 e. The second-order valence-electron chi connectivity index (χ2n) is 6.69. The standard InChI is InChI=1S/C24H26N2O3S/c1-5-10-19-13-18(15-21-23(27)26(4)24(25-3)30-21)14-20(28-6-2)22(19)29-16-17-11-8-7-9-12-17/h5,7-9,11-15H,1,6,10,16H2,2-4H3/b21-15+,25-24?. The minimum Gasteiger partial charge on any atom is -0.490 e. The Morgan fingerprint density at radius 1 is 1.20 bits per heavy atom. The van der Waals surface area contributed by atoms with Crippen LogP contribution in [0.2, 0.25) is 0 Å². The lowest BCUT2D eigenvalue weighted by molar-refractivity contribution is -0.121. The Morgan fingerprint density at radius 3 is 2.60 bits per heavy atom. The van der Waals surface area contributed by atoms with Gasteiger partial charge in [0.25, 0.3) is 5.91 Å². The highest BCUT2D eigenvalue weighted by atomic mass is 32.2. The summed E-state index contributed by atoms with van der Waals surface area (Å²) in [6.45, 7) is 6.77. The fourth-order valence-electron chi connectivity index (χ4n) is 3.13. The van der Waals surface area contributed by atoms with Gasteiger partial charge in [-0.3, -0.25) is 14.7 Å². The molecule has 2 aromatic rings. The lowest BCUT2D eigenvalue weighted by atomic mass is 10.0. The van der Waals surface area contributed by atoms with Gasteiger partial charge in [0.2, 0.25) is 0 Å². The normalized spacial score (nSPS) is 16.4. The average Bonchev–Trinajstić information content (AvgIpc) is 3.02. The molecule has 2 aromatic carbocycles. The predicted molar refractivity (Wildman–Crippen MR) is 124 cm³/mol. The summed E-state index contributed by atoms with van der Waals surface area (Å²) < 4.78 is 12.1. The van der Waals surface area contributed by atoms with Crippen LogP contribution in [0.15, 0.2) is 65.0 Å². The van der Waals surface area contributed by atoms with Crippen LogP contribution in [0.5, 0.6) is 11.5 Å². The lowest BCUT2D eigenvalue weighted by Crippen LogP contribution is -2.23. The molecule has 0 unspecified atom stereocenters. The number of carbonyl (C=O) groups excluding carboxylic acids is 1. The first-order valence-corrected chi connectivity index (χ1v) is 10.6. The Bertz CT molecular complexity index is 983. The highest BCUT2D eigenvalue weighted by molar-refractivity contribution is 8.18. The minimum atomic E-state index is -0.0618. The van der Waals surface area contributed by atoms with Crippen LogP contribution < -0.4 is 9.47 Å². The third kappa shape index (κ3) is 4.94. The van der Waals surface area contributed by atoms with Crippen molar-refractivity contribution in [1.29, 1.82) is 0 Å². The van der Waals surface area contributed by atoms with Crippen LogP contribution in [-0.4, -0.2) is 36.7 Å². The van der Waals surface area contributed by atoms with Crippen LogP contribution in [0.1, 0.15) is 23.6 Å². The van der Waals surface area contributed by atoms with Crippen molar-refractivity contribution in [1.82, 2.24) is 4.90 Å². The van der Waals surface area contributed by atoms with Crippen LogP contribution >= 0.6 is 11.8 Å². The Kier molecular flexibility index (Phi) is 7.36. The van der Waals surface area contributed by atoms with E-state index in [9.17, 15) is 4.79 Å². The van der Waals surface area contributed by atoms with Gasteiger partial charge in [0.15, 0.2) is 16.7 Å². The summed E-state index contributed by atoms with van der Waals surface area (Å²) in [4.78, 5) is 18.9. The zero-order valence-corrected chi connectivity index (χ0v) is 18.4. The first-order chi connectivity index (χ1) is 14.6. The van der Waals surface area contributed by atoms with E-state index in [1.54, 1.807) is 19.0 Å². The van der Waals surface area contributed by atoms with E-state index < -0.39 is 0 Å². The molecule has 0 aliphatic carbocycles. The summed E-state index contributed by atoms with van der Waals surface area (Å²) >= 11 is 1.37. The number of allylic oxidation sites excluding steroid dienone is 1. The van der Waals surface area contributed by atoms with Gasteiger partial charge in [-0.1, -0.05) is 36.4 Å². The van der Waals surface area contributed by atoms with E-state index in [1.165, 1.54) is 11.8 Å². The number of thioether (sulfide) groups is 1. The van der Waals surface area contributed by atoms with Crippen LogP contribution in [0.4, 0.5) is 0 Å².